The minimum atomic E-state index is -0.462. The third-order valence-corrected chi connectivity index (χ3v) is 3.49. The lowest BCUT2D eigenvalue weighted by Crippen LogP contribution is -1.89. The maximum Gasteiger partial charge on any atom is 0.269 e. The number of non-ortho nitro benzene ring substituents is 1. The maximum absolute atomic E-state index is 10.7. The van der Waals surface area contributed by atoms with Crippen LogP contribution in [0, 0.1) is 21.4 Å². The van der Waals surface area contributed by atoms with Crippen LogP contribution in [0.1, 0.15) is 11.1 Å². The molecule has 1 heterocycles. The first-order valence-electron chi connectivity index (χ1n) is 6.89. The van der Waals surface area contributed by atoms with Crippen molar-refractivity contribution < 1.29 is 4.92 Å². The molecule has 2 aromatic carbocycles. The number of nitrogens with zero attached hydrogens (tertiary/aromatic N) is 3. The van der Waals surface area contributed by atoms with E-state index in [0.717, 1.165) is 16.5 Å². The van der Waals surface area contributed by atoms with Gasteiger partial charge in [-0.05, 0) is 41.5 Å². The molecule has 0 aliphatic rings. The third kappa shape index (κ3) is 2.92. The second-order valence-corrected chi connectivity index (χ2v) is 4.89. The number of para-hydroxylation sites is 1. The first kappa shape index (κ1) is 14.4. The van der Waals surface area contributed by atoms with E-state index in [0.29, 0.717) is 11.1 Å². The van der Waals surface area contributed by atoms with Crippen LogP contribution in [0.3, 0.4) is 0 Å². The van der Waals surface area contributed by atoms with Crippen molar-refractivity contribution in [3.05, 3.63) is 82.0 Å². The fourth-order valence-corrected chi connectivity index (χ4v) is 2.34. The molecule has 0 atom stereocenters. The molecule has 5 heteroatoms. The molecule has 0 aliphatic heterocycles. The quantitative estimate of drug-likeness (QED) is 0.412. The number of aromatic nitrogens is 1. The molecule has 0 N–H and O–H groups in total. The lowest BCUT2D eigenvalue weighted by Gasteiger charge is -2.03. The summed E-state index contributed by atoms with van der Waals surface area (Å²) in [6, 6.07) is 17.6. The first-order chi connectivity index (χ1) is 11.2. The molecular formula is C18H11N3O2. The molecule has 0 saturated carbocycles. The Morgan fingerprint density at radius 3 is 2.57 bits per heavy atom. The number of fused-ring (bicyclic) bond motifs is 1. The highest BCUT2D eigenvalue weighted by molar-refractivity contribution is 5.97. The molecule has 0 bridgehead atoms. The molecule has 23 heavy (non-hydrogen) atoms. The first-order valence-corrected chi connectivity index (χ1v) is 6.89. The summed E-state index contributed by atoms with van der Waals surface area (Å²) in [7, 11) is 0. The average molecular weight is 301 g/mol. The number of pyridine rings is 1. The van der Waals surface area contributed by atoms with Gasteiger partial charge in [0.1, 0.15) is 0 Å². The molecule has 0 fully saturated rings. The Bertz CT molecular complexity index is 949. The minimum Gasteiger partial charge on any atom is -0.258 e. The van der Waals surface area contributed by atoms with Gasteiger partial charge in [0.2, 0.25) is 0 Å². The third-order valence-electron chi connectivity index (χ3n) is 3.49. The van der Waals surface area contributed by atoms with Crippen LogP contribution >= 0.6 is 0 Å². The standard InChI is InChI=1S/C18H11N3O2/c19-12-15(13-5-7-16(8-6-13)21(22)23)11-14-9-10-20-18-4-2-1-3-17(14)18/h1-11H/b15-11+. The predicted molar refractivity (Wildman–Crippen MR) is 88.3 cm³/mol. The summed E-state index contributed by atoms with van der Waals surface area (Å²) in [6.45, 7) is 0. The van der Waals surface area contributed by atoms with E-state index >= 15 is 0 Å². The largest absolute Gasteiger partial charge is 0.269 e. The van der Waals surface area contributed by atoms with Crippen molar-refractivity contribution >= 4 is 28.2 Å². The SMILES string of the molecule is N#C/C(=C\c1ccnc2ccccc12)c1ccc([N+](=O)[O-])cc1. The molecular weight excluding hydrogens is 290 g/mol. The van der Waals surface area contributed by atoms with Gasteiger partial charge in [-0.2, -0.15) is 5.26 Å². The summed E-state index contributed by atoms with van der Waals surface area (Å²) < 4.78 is 0. The van der Waals surface area contributed by atoms with E-state index < -0.39 is 4.92 Å². The monoisotopic (exact) mass is 301 g/mol. The maximum atomic E-state index is 10.7. The number of allylic oxidation sites excluding steroid dienone is 1. The van der Waals surface area contributed by atoms with Crippen LogP contribution in [-0.4, -0.2) is 9.91 Å². The van der Waals surface area contributed by atoms with Crippen molar-refractivity contribution in [3.8, 4) is 6.07 Å². The summed E-state index contributed by atoms with van der Waals surface area (Å²) in [5.74, 6) is 0. The van der Waals surface area contributed by atoms with Crippen LogP contribution in [0.15, 0.2) is 60.8 Å². The van der Waals surface area contributed by atoms with Crippen LogP contribution in [0.5, 0.6) is 0 Å². The van der Waals surface area contributed by atoms with Gasteiger partial charge in [-0.3, -0.25) is 15.1 Å². The zero-order valence-electron chi connectivity index (χ0n) is 12.0. The Morgan fingerprint density at radius 2 is 1.87 bits per heavy atom. The molecule has 1 aromatic heterocycles. The van der Waals surface area contributed by atoms with E-state index in [1.54, 1.807) is 24.4 Å². The lowest BCUT2D eigenvalue weighted by atomic mass is 10.0. The molecule has 0 radical (unpaired) electrons. The Hall–Kier alpha value is -3.52. The number of nitro groups is 1. The van der Waals surface area contributed by atoms with Gasteiger partial charge in [-0.25, -0.2) is 0 Å². The molecule has 3 aromatic rings. The van der Waals surface area contributed by atoms with E-state index in [2.05, 4.69) is 11.1 Å². The van der Waals surface area contributed by atoms with Gasteiger partial charge in [0, 0.05) is 23.7 Å². The highest BCUT2D eigenvalue weighted by Gasteiger charge is 2.08. The number of nitro benzene ring substituents is 1. The predicted octanol–water partition coefficient (Wildman–Crippen LogP) is 4.21. The van der Waals surface area contributed by atoms with Crippen molar-refractivity contribution in [1.29, 1.82) is 5.26 Å². The fraction of sp³-hybridized carbons (Fsp3) is 0. The molecule has 110 valence electrons. The van der Waals surface area contributed by atoms with Crippen molar-refractivity contribution in [2.24, 2.45) is 0 Å². The van der Waals surface area contributed by atoms with Gasteiger partial charge in [0.25, 0.3) is 5.69 Å². The molecule has 0 spiro atoms. The van der Waals surface area contributed by atoms with Gasteiger partial charge in [-0.1, -0.05) is 18.2 Å². The van der Waals surface area contributed by atoms with Crippen LogP contribution in [0.25, 0.3) is 22.6 Å². The molecule has 0 unspecified atom stereocenters. The van der Waals surface area contributed by atoms with Crippen LogP contribution < -0.4 is 0 Å². The van der Waals surface area contributed by atoms with Crippen LogP contribution in [0.2, 0.25) is 0 Å². The Balaban J connectivity index is 2.08. The molecule has 0 aliphatic carbocycles. The highest BCUT2D eigenvalue weighted by atomic mass is 16.6. The number of nitriles is 1. The Morgan fingerprint density at radius 1 is 1.13 bits per heavy atom. The topological polar surface area (TPSA) is 79.8 Å². The second-order valence-electron chi connectivity index (χ2n) is 4.89. The van der Waals surface area contributed by atoms with E-state index in [1.165, 1.54) is 12.1 Å². The van der Waals surface area contributed by atoms with Crippen molar-refractivity contribution in [2.75, 3.05) is 0 Å². The number of benzene rings is 2. The van der Waals surface area contributed by atoms with Gasteiger partial charge < -0.3 is 0 Å². The van der Waals surface area contributed by atoms with Gasteiger partial charge in [0.15, 0.2) is 0 Å². The van der Waals surface area contributed by atoms with Crippen molar-refractivity contribution in [3.63, 3.8) is 0 Å². The number of hydrogen-bond donors (Lipinski definition) is 0. The summed E-state index contributed by atoms with van der Waals surface area (Å²) in [5, 5.41) is 21.1. The van der Waals surface area contributed by atoms with Crippen LogP contribution in [0.4, 0.5) is 5.69 Å². The lowest BCUT2D eigenvalue weighted by molar-refractivity contribution is -0.384. The smallest absolute Gasteiger partial charge is 0.258 e. The van der Waals surface area contributed by atoms with E-state index in [-0.39, 0.29) is 5.69 Å². The molecule has 3 rings (SSSR count). The zero-order valence-corrected chi connectivity index (χ0v) is 12.0. The molecule has 5 nitrogen and oxygen atoms in total. The summed E-state index contributed by atoms with van der Waals surface area (Å²) in [6.07, 6.45) is 3.46. The number of hydrogen-bond acceptors (Lipinski definition) is 4. The normalized spacial score (nSPS) is 11.2. The van der Waals surface area contributed by atoms with Crippen molar-refractivity contribution in [1.82, 2.24) is 4.98 Å². The van der Waals surface area contributed by atoms with Gasteiger partial charge >= 0.3 is 0 Å². The van der Waals surface area contributed by atoms with Gasteiger partial charge in [0.05, 0.1) is 22.1 Å². The minimum absolute atomic E-state index is 0.000371. The molecule has 0 amide bonds. The average Bonchev–Trinajstić information content (AvgIpc) is 2.60. The van der Waals surface area contributed by atoms with E-state index in [9.17, 15) is 15.4 Å². The second kappa shape index (κ2) is 6.08. The van der Waals surface area contributed by atoms with Gasteiger partial charge in [-0.15, -0.1) is 0 Å². The summed E-state index contributed by atoms with van der Waals surface area (Å²) in [5.41, 5.74) is 2.81. The summed E-state index contributed by atoms with van der Waals surface area (Å²) >= 11 is 0. The fourth-order valence-electron chi connectivity index (χ4n) is 2.34. The Kier molecular flexibility index (Phi) is 3.81. The van der Waals surface area contributed by atoms with Crippen LogP contribution in [-0.2, 0) is 0 Å². The van der Waals surface area contributed by atoms with Crippen molar-refractivity contribution in [2.45, 2.75) is 0 Å². The van der Waals surface area contributed by atoms with E-state index in [4.69, 9.17) is 0 Å². The zero-order chi connectivity index (χ0) is 16.2. The molecule has 0 saturated heterocycles. The Labute approximate surface area is 132 Å². The highest BCUT2D eigenvalue weighted by Crippen LogP contribution is 2.24. The summed E-state index contributed by atoms with van der Waals surface area (Å²) in [4.78, 5) is 14.5. The number of rotatable bonds is 3. The van der Waals surface area contributed by atoms with E-state index in [1.807, 2.05) is 30.3 Å².